The molecule has 7 nitrogen and oxygen atoms in total. The molecule has 1 aromatic carbocycles. The summed E-state index contributed by atoms with van der Waals surface area (Å²) in [5, 5.41) is 6.84. The minimum absolute atomic E-state index is 0.878. The van der Waals surface area contributed by atoms with Gasteiger partial charge < -0.3 is 19.9 Å². The molecule has 0 aliphatic carbocycles. The van der Waals surface area contributed by atoms with Crippen LogP contribution in [0.3, 0.4) is 0 Å². The number of hydrogen-bond acceptors (Lipinski definition) is 4. The SMILES string of the molecule is CN=C(NCCCCN1CCOCC1)NCCCn1c(C)nc2ccccc21. The van der Waals surface area contributed by atoms with Crippen LogP contribution in [0.25, 0.3) is 11.0 Å². The fourth-order valence-corrected chi connectivity index (χ4v) is 3.63. The second-order valence-corrected chi connectivity index (χ2v) is 7.24. The van der Waals surface area contributed by atoms with Crippen LogP contribution in [0.5, 0.6) is 0 Å². The summed E-state index contributed by atoms with van der Waals surface area (Å²) in [6, 6.07) is 8.32. The summed E-state index contributed by atoms with van der Waals surface area (Å²) in [6.45, 7) is 9.93. The second-order valence-electron chi connectivity index (χ2n) is 7.24. The summed E-state index contributed by atoms with van der Waals surface area (Å²) in [7, 11) is 1.83. The first-order valence-corrected chi connectivity index (χ1v) is 10.4. The lowest BCUT2D eigenvalue weighted by Gasteiger charge is -2.26. The molecule has 7 heteroatoms. The summed E-state index contributed by atoms with van der Waals surface area (Å²) in [6.07, 6.45) is 3.38. The van der Waals surface area contributed by atoms with E-state index in [1.807, 2.05) is 13.1 Å². The Balaban J connectivity index is 1.30. The molecule has 0 bridgehead atoms. The standard InChI is InChI=1S/C21H34N6O/c1-18-25-19-8-3-4-9-20(19)27(18)13-7-11-24-21(22-2)23-10-5-6-12-26-14-16-28-17-15-26/h3-4,8-9H,5-7,10-17H2,1-2H3,(H2,22,23,24). The smallest absolute Gasteiger partial charge is 0.190 e. The Morgan fingerprint density at radius 1 is 1.07 bits per heavy atom. The number of hydrogen-bond donors (Lipinski definition) is 2. The van der Waals surface area contributed by atoms with Gasteiger partial charge in [0.2, 0.25) is 0 Å². The average molecular weight is 387 g/mol. The van der Waals surface area contributed by atoms with Gasteiger partial charge >= 0.3 is 0 Å². The van der Waals surface area contributed by atoms with Crippen molar-refractivity contribution in [1.29, 1.82) is 0 Å². The molecule has 0 atom stereocenters. The van der Waals surface area contributed by atoms with Crippen molar-refractivity contribution >= 4 is 17.0 Å². The van der Waals surface area contributed by atoms with E-state index < -0.39 is 0 Å². The van der Waals surface area contributed by atoms with Crippen LogP contribution in [0.2, 0.25) is 0 Å². The number of aliphatic imine (C=N–C) groups is 1. The minimum atomic E-state index is 0.878. The highest BCUT2D eigenvalue weighted by molar-refractivity contribution is 5.79. The molecule has 2 N–H and O–H groups in total. The monoisotopic (exact) mass is 386 g/mol. The van der Waals surface area contributed by atoms with Gasteiger partial charge in [-0.3, -0.25) is 9.89 Å². The Kier molecular flexibility index (Phi) is 8.11. The van der Waals surface area contributed by atoms with Crippen LogP contribution in [-0.2, 0) is 11.3 Å². The molecule has 0 unspecified atom stereocenters. The third-order valence-corrected chi connectivity index (χ3v) is 5.22. The van der Waals surface area contributed by atoms with Crippen molar-refractivity contribution in [3.05, 3.63) is 30.1 Å². The van der Waals surface area contributed by atoms with E-state index >= 15 is 0 Å². The number of aromatic nitrogens is 2. The molecular formula is C21H34N6O. The predicted molar refractivity (Wildman–Crippen MR) is 115 cm³/mol. The molecule has 1 fully saturated rings. The van der Waals surface area contributed by atoms with E-state index in [9.17, 15) is 0 Å². The predicted octanol–water partition coefficient (Wildman–Crippen LogP) is 2.01. The van der Waals surface area contributed by atoms with Crippen LogP contribution < -0.4 is 10.6 Å². The summed E-state index contributed by atoms with van der Waals surface area (Å²) in [5.41, 5.74) is 2.28. The first kappa shape index (κ1) is 20.6. The summed E-state index contributed by atoms with van der Waals surface area (Å²) >= 11 is 0. The molecule has 3 rings (SSSR count). The molecule has 1 aliphatic rings. The average Bonchev–Trinajstić information content (AvgIpc) is 3.05. The highest BCUT2D eigenvalue weighted by Gasteiger charge is 2.09. The molecule has 0 radical (unpaired) electrons. The Labute approximate surface area is 168 Å². The number of imidazole rings is 1. The summed E-state index contributed by atoms with van der Waals surface area (Å²) in [4.78, 5) is 11.4. The van der Waals surface area contributed by atoms with Gasteiger partial charge in [-0.05, 0) is 44.9 Å². The normalized spacial score (nSPS) is 15.9. The zero-order chi connectivity index (χ0) is 19.6. The maximum atomic E-state index is 5.39. The van der Waals surface area contributed by atoms with E-state index in [1.54, 1.807) is 0 Å². The number of nitrogens with zero attached hydrogens (tertiary/aromatic N) is 4. The molecule has 1 saturated heterocycles. The molecule has 1 aliphatic heterocycles. The fraction of sp³-hybridized carbons (Fsp3) is 0.619. The Morgan fingerprint density at radius 2 is 1.82 bits per heavy atom. The van der Waals surface area contributed by atoms with Crippen molar-refractivity contribution in [2.75, 3.05) is 53.0 Å². The Morgan fingerprint density at radius 3 is 2.61 bits per heavy atom. The third-order valence-electron chi connectivity index (χ3n) is 5.22. The largest absolute Gasteiger partial charge is 0.379 e. The second kappa shape index (κ2) is 11.0. The Hall–Kier alpha value is -2.12. The van der Waals surface area contributed by atoms with Crippen molar-refractivity contribution in [1.82, 2.24) is 25.1 Å². The molecule has 0 amide bonds. The zero-order valence-electron chi connectivity index (χ0n) is 17.3. The minimum Gasteiger partial charge on any atom is -0.379 e. The number of para-hydroxylation sites is 2. The number of morpholine rings is 1. The van der Waals surface area contributed by atoms with E-state index in [0.29, 0.717) is 0 Å². The molecule has 2 aromatic rings. The van der Waals surface area contributed by atoms with E-state index in [0.717, 1.165) is 82.6 Å². The van der Waals surface area contributed by atoms with Gasteiger partial charge in [0, 0.05) is 39.8 Å². The van der Waals surface area contributed by atoms with Crippen LogP contribution in [-0.4, -0.2) is 73.4 Å². The molecule has 0 spiro atoms. The zero-order valence-corrected chi connectivity index (χ0v) is 17.3. The van der Waals surface area contributed by atoms with Gasteiger partial charge in [0.05, 0.1) is 24.2 Å². The Bertz CT molecular complexity index is 750. The number of aryl methyl sites for hydroxylation is 2. The topological polar surface area (TPSA) is 66.7 Å². The molecule has 28 heavy (non-hydrogen) atoms. The number of unbranched alkanes of at least 4 members (excludes halogenated alkanes) is 1. The molecule has 0 saturated carbocycles. The number of benzene rings is 1. The van der Waals surface area contributed by atoms with Gasteiger partial charge in [-0.1, -0.05) is 12.1 Å². The van der Waals surface area contributed by atoms with Crippen molar-refractivity contribution in [2.24, 2.45) is 4.99 Å². The van der Waals surface area contributed by atoms with E-state index in [1.165, 1.54) is 11.9 Å². The van der Waals surface area contributed by atoms with Crippen LogP contribution in [0.4, 0.5) is 0 Å². The number of guanidine groups is 1. The number of ether oxygens (including phenoxy) is 1. The number of nitrogens with one attached hydrogen (secondary N) is 2. The molecule has 1 aromatic heterocycles. The van der Waals surface area contributed by atoms with Crippen molar-refractivity contribution < 1.29 is 4.74 Å². The van der Waals surface area contributed by atoms with Crippen molar-refractivity contribution in [3.63, 3.8) is 0 Å². The number of fused-ring (bicyclic) bond motifs is 1. The van der Waals surface area contributed by atoms with Crippen LogP contribution in [0.1, 0.15) is 25.1 Å². The van der Waals surface area contributed by atoms with Crippen molar-refractivity contribution in [2.45, 2.75) is 32.7 Å². The fourth-order valence-electron chi connectivity index (χ4n) is 3.63. The molecular weight excluding hydrogens is 352 g/mol. The highest BCUT2D eigenvalue weighted by Crippen LogP contribution is 2.15. The first-order valence-electron chi connectivity index (χ1n) is 10.4. The van der Waals surface area contributed by atoms with Gasteiger partial charge in [-0.15, -0.1) is 0 Å². The van der Waals surface area contributed by atoms with Crippen LogP contribution >= 0.6 is 0 Å². The van der Waals surface area contributed by atoms with Crippen molar-refractivity contribution in [3.8, 4) is 0 Å². The lowest BCUT2D eigenvalue weighted by atomic mass is 10.2. The lowest BCUT2D eigenvalue weighted by Crippen LogP contribution is -2.39. The maximum Gasteiger partial charge on any atom is 0.190 e. The quantitative estimate of drug-likeness (QED) is 0.392. The van der Waals surface area contributed by atoms with E-state index in [-0.39, 0.29) is 0 Å². The van der Waals surface area contributed by atoms with E-state index in [2.05, 4.69) is 55.2 Å². The summed E-state index contributed by atoms with van der Waals surface area (Å²) < 4.78 is 7.68. The van der Waals surface area contributed by atoms with Gasteiger partial charge in [0.15, 0.2) is 5.96 Å². The molecule has 2 heterocycles. The van der Waals surface area contributed by atoms with Crippen LogP contribution in [0.15, 0.2) is 29.3 Å². The molecule has 154 valence electrons. The third kappa shape index (κ3) is 5.94. The maximum absolute atomic E-state index is 5.39. The summed E-state index contributed by atoms with van der Waals surface area (Å²) in [5.74, 6) is 1.96. The van der Waals surface area contributed by atoms with Crippen LogP contribution in [0, 0.1) is 6.92 Å². The number of rotatable bonds is 9. The first-order chi connectivity index (χ1) is 13.8. The van der Waals surface area contributed by atoms with Gasteiger partial charge in [-0.2, -0.15) is 0 Å². The highest BCUT2D eigenvalue weighted by atomic mass is 16.5. The lowest BCUT2D eigenvalue weighted by molar-refractivity contribution is 0.0372. The van der Waals surface area contributed by atoms with Gasteiger partial charge in [-0.25, -0.2) is 4.98 Å². The van der Waals surface area contributed by atoms with E-state index in [4.69, 9.17) is 4.74 Å². The van der Waals surface area contributed by atoms with Gasteiger partial charge in [0.1, 0.15) is 5.82 Å². The van der Waals surface area contributed by atoms with Gasteiger partial charge in [0.25, 0.3) is 0 Å².